The Bertz CT molecular complexity index is 437. The average molecular weight is 335 g/mol. The first-order chi connectivity index (χ1) is 11.5. The van der Waals surface area contributed by atoms with Gasteiger partial charge in [0.25, 0.3) is 0 Å². The van der Waals surface area contributed by atoms with E-state index in [4.69, 9.17) is 4.74 Å². The summed E-state index contributed by atoms with van der Waals surface area (Å²) >= 11 is 0. The number of hydrogen-bond acceptors (Lipinski definition) is 3. The van der Waals surface area contributed by atoms with Crippen molar-refractivity contribution >= 4 is 5.91 Å². The molecule has 1 amide bonds. The van der Waals surface area contributed by atoms with Gasteiger partial charge in [0.1, 0.15) is 0 Å². The van der Waals surface area contributed by atoms with Gasteiger partial charge >= 0.3 is 0 Å². The molecular formula is C20H34N2O2. The van der Waals surface area contributed by atoms with E-state index in [1.165, 1.54) is 38.5 Å². The Hall–Kier alpha value is -0.610. The van der Waals surface area contributed by atoms with E-state index in [0.717, 1.165) is 57.0 Å². The van der Waals surface area contributed by atoms with Crippen LogP contribution < -0.4 is 0 Å². The second-order valence-corrected chi connectivity index (χ2v) is 9.37. The highest BCUT2D eigenvalue weighted by Gasteiger charge is 2.51. The predicted molar refractivity (Wildman–Crippen MR) is 94.7 cm³/mol. The smallest absolute Gasteiger partial charge is 0.222 e. The molecule has 0 aromatic rings. The van der Waals surface area contributed by atoms with E-state index in [0.29, 0.717) is 17.4 Å². The van der Waals surface area contributed by atoms with Crippen molar-refractivity contribution in [2.24, 2.45) is 23.2 Å². The minimum atomic E-state index is 0.363. The lowest BCUT2D eigenvalue weighted by atomic mass is 9.49. The highest BCUT2D eigenvalue weighted by Crippen LogP contribution is 2.61. The van der Waals surface area contributed by atoms with Crippen LogP contribution in [0.3, 0.4) is 0 Å². The number of morpholine rings is 1. The number of carbonyl (C=O) groups is 1. The first kappa shape index (κ1) is 16.8. The Morgan fingerprint density at radius 2 is 1.67 bits per heavy atom. The molecule has 4 nitrogen and oxygen atoms in total. The van der Waals surface area contributed by atoms with Crippen molar-refractivity contribution in [3.8, 4) is 0 Å². The number of nitrogens with zero attached hydrogens (tertiary/aromatic N) is 2. The van der Waals surface area contributed by atoms with Crippen molar-refractivity contribution in [1.82, 2.24) is 9.80 Å². The van der Waals surface area contributed by atoms with Crippen LogP contribution in [0.4, 0.5) is 0 Å². The van der Waals surface area contributed by atoms with Crippen molar-refractivity contribution in [2.75, 3.05) is 39.9 Å². The fourth-order valence-corrected chi connectivity index (χ4v) is 6.59. The summed E-state index contributed by atoms with van der Waals surface area (Å²) in [6, 6.07) is 0.430. The molecule has 0 spiro atoms. The SMILES string of the molecule is CC(CN(C)C(=O)CC12CC3CC(CC(C3)C1)C2)N1CCOCC1. The third-order valence-corrected chi connectivity index (χ3v) is 7.32. The van der Waals surface area contributed by atoms with Gasteiger partial charge in [-0.3, -0.25) is 9.69 Å². The van der Waals surface area contributed by atoms with Crippen LogP contribution in [-0.2, 0) is 9.53 Å². The lowest BCUT2D eigenvalue weighted by Gasteiger charge is -2.57. The second-order valence-electron chi connectivity index (χ2n) is 9.37. The maximum atomic E-state index is 12.9. The molecule has 136 valence electrons. The topological polar surface area (TPSA) is 32.8 Å². The van der Waals surface area contributed by atoms with E-state index in [9.17, 15) is 4.79 Å². The molecule has 4 saturated carbocycles. The van der Waals surface area contributed by atoms with Crippen LogP contribution in [0.25, 0.3) is 0 Å². The molecule has 4 aliphatic carbocycles. The van der Waals surface area contributed by atoms with Gasteiger partial charge < -0.3 is 9.64 Å². The summed E-state index contributed by atoms with van der Waals surface area (Å²) in [4.78, 5) is 17.4. The van der Waals surface area contributed by atoms with Crippen LogP contribution in [0.2, 0.25) is 0 Å². The molecule has 0 N–H and O–H groups in total. The van der Waals surface area contributed by atoms with Crippen molar-refractivity contribution in [1.29, 1.82) is 0 Å². The summed E-state index contributed by atoms with van der Waals surface area (Å²) in [5.74, 6) is 3.18. The van der Waals surface area contributed by atoms with Gasteiger partial charge in [0.05, 0.1) is 13.2 Å². The van der Waals surface area contributed by atoms with Crippen LogP contribution >= 0.6 is 0 Å². The molecule has 0 aromatic heterocycles. The lowest BCUT2D eigenvalue weighted by Crippen LogP contribution is -2.50. The zero-order valence-electron chi connectivity index (χ0n) is 15.5. The Kier molecular flexibility index (Phi) is 4.63. The van der Waals surface area contributed by atoms with E-state index in [-0.39, 0.29) is 0 Å². The van der Waals surface area contributed by atoms with Crippen molar-refractivity contribution in [3.63, 3.8) is 0 Å². The predicted octanol–water partition coefficient (Wildman–Crippen LogP) is 2.77. The molecule has 5 fully saturated rings. The molecule has 1 aliphatic heterocycles. The van der Waals surface area contributed by atoms with Crippen molar-refractivity contribution in [3.05, 3.63) is 0 Å². The van der Waals surface area contributed by atoms with Crippen LogP contribution in [0.15, 0.2) is 0 Å². The summed E-state index contributed by atoms with van der Waals surface area (Å²) in [5.41, 5.74) is 0.363. The Morgan fingerprint density at radius 3 is 2.21 bits per heavy atom. The van der Waals surface area contributed by atoms with Gasteiger partial charge in [0.15, 0.2) is 0 Å². The summed E-state index contributed by atoms with van der Waals surface area (Å²) in [6.07, 6.45) is 9.17. The van der Waals surface area contributed by atoms with Crippen LogP contribution in [-0.4, -0.2) is 61.6 Å². The summed E-state index contributed by atoms with van der Waals surface area (Å²) in [5, 5.41) is 0. The van der Waals surface area contributed by atoms with E-state index < -0.39 is 0 Å². The highest BCUT2D eigenvalue weighted by atomic mass is 16.5. The standard InChI is InChI=1S/C20H34N2O2/c1-15(22-3-5-24-6-4-22)14-21(2)19(23)13-20-10-16-7-17(11-20)9-18(8-16)12-20/h15-18H,3-14H2,1-2H3. The molecular weight excluding hydrogens is 300 g/mol. The number of amides is 1. The van der Waals surface area contributed by atoms with Gasteiger partial charge in [-0.05, 0) is 68.6 Å². The molecule has 4 heteroatoms. The fraction of sp³-hybridized carbons (Fsp3) is 0.950. The fourth-order valence-electron chi connectivity index (χ4n) is 6.59. The van der Waals surface area contributed by atoms with Crippen LogP contribution in [0.5, 0.6) is 0 Å². The summed E-state index contributed by atoms with van der Waals surface area (Å²) in [6.45, 7) is 6.76. The lowest BCUT2D eigenvalue weighted by molar-refractivity contribution is -0.139. The van der Waals surface area contributed by atoms with Gasteiger partial charge in [0, 0.05) is 39.1 Å². The van der Waals surface area contributed by atoms with Gasteiger partial charge in [-0.15, -0.1) is 0 Å². The van der Waals surface area contributed by atoms with E-state index in [2.05, 4.69) is 11.8 Å². The summed E-state index contributed by atoms with van der Waals surface area (Å²) < 4.78 is 5.44. The number of hydrogen-bond donors (Lipinski definition) is 0. The Morgan fingerprint density at radius 1 is 1.12 bits per heavy atom. The molecule has 4 bridgehead atoms. The van der Waals surface area contributed by atoms with Gasteiger partial charge in [0.2, 0.25) is 5.91 Å². The maximum Gasteiger partial charge on any atom is 0.222 e. The maximum absolute atomic E-state index is 12.9. The van der Waals surface area contributed by atoms with Crippen molar-refractivity contribution < 1.29 is 9.53 Å². The molecule has 24 heavy (non-hydrogen) atoms. The van der Waals surface area contributed by atoms with Crippen LogP contribution in [0.1, 0.15) is 51.9 Å². The third kappa shape index (κ3) is 3.37. The molecule has 1 heterocycles. The van der Waals surface area contributed by atoms with Crippen molar-refractivity contribution in [2.45, 2.75) is 57.9 Å². The molecule has 1 saturated heterocycles. The van der Waals surface area contributed by atoms with Gasteiger partial charge in [-0.1, -0.05) is 0 Å². The van der Waals surface area contributed by atoms with E-state index in [1.807, 2.05) is 11.9 Å². The molecule has 1 atom stereocenters. The first-order valence-corrected chi connectivity index (χ1v) is 10.1. The Labute approximate surface area is 146 Å². The zero-order chi connectivity index (χ0) is 16.7. The highest BCUT2D eigenvalue weighted by molar-refractivity contribution is 5.76. The number of likely N-dealkylation sites (N-methyl/N-ethyl adjacent to an activating group) is 1. The molecule has 0 radical (unpaired) electrons. The monoisotopic (exact) mass is 334 g/mol. The molecule has 1 unspecified atom stereocenters. The number of rotatable bonds is 5. The summed E-state index contributed by atoms with van der Waals surface area (Å²) in [7, 11) is 2.01. The minimum Gasteiger partial charge on any atom is -0.379 e. The molecule has 5 aliphatic rings. The van der Waals surface area contributed by atoms with Gasteiger partial charge in [-0.25, -0.2) is 0 Å². The van der Waals surface area contributed by atoms with Crippen LogP contribution in [0, 0.1) is 23.2 Å². The van der Waals surface area contributed by atoms with E-state index >= 15 is 0 Å². The van der Waals surface area contributed by atoms with Gasteiger partial charge in [-0.2, -0.15) is 0 Å². The number of ether oxygens (including phenoxy) is 1. The Balaban J connectivity index is 1.32. The first-order valence-electron chi connectivity index (χ1n) is 10.1. The zero-order valence-corrected chi connectivity index (χ0v) is 15.5. The quantitative estimate of drug-likeness (QED) is 0.775. The van der Waals surface area contributed by atoms with E-state index in [1.54, 1.807) is 0 Å². The molecule has 5 rings (SSSR count). The largest absolute Gasteiger partial charge is 0.379 e. The number of carbonyl (C=O) groups excluding carboxylic acids is 1. The normalized spacial score (nSPS) is 39.8. The molecule has 0 aromatic carbocycles. The third-order valence-electron chi connectivity index (χ3n) is 7.32. The second kappa shape index (κ2) is 6.60. The average Bonchev–Trinajstić information content (AvgIpc) is 2.53. The minimum absolute atomic E-state index is 0.363.